The lowest BCUT2D eigenvalue weighted by Crippen LogP contribution is -2.37. The number of rotatable bonds is 11. The Morgan fingerprint density at radius 3 is 2.62 bits per heavy atom. The van der Waals surface area contributed by atoms with Gasteiger partial charge in [0.15, 0.2) is 0 Å². The zero-order chi connectivity index (χ0) is 22.9. The fourth-order valence-corrected chi connectivity index (χ4v) is 3.64. The summed E-state index contributed by atoms with van der Waals surface area (Å²) in [7, 11) is 2.18. The van der Waals surface area contributed by atoms with Gasteiger partial charge in [-0.3, -0.25) is 4.90 Å². The highest BCUT2D eigenvalue weighted by atomic mass is 16.3. The predicted octanol–water partition coefficient (Wildman–Crippen LogP) is 4.24. The van der Waals surface area contributed by atoms with E-state index in [1.807, 2.05) is 24.4 Å². The standard InChI is InChI=1S/C26H35N5O/c1-5-27-17-19(2)31(4)18-22-7-6-8-24(20(22)3)25-14-16-29-26(30-25)28-15-13-21-9-11-23(32)12-10-21/h6-12,14,16,19,27,32H,5,13,15,17-18H2,1-4H3,(H,28,29,30)/t19-/m0/s1. The van der Waals surface area contributed by atoms with Crippen LogP contribution in [0.2, 0.25) is 0 Å². The van der Waals surface area contributed by atoms with Gasteiger partial charge in [-0.1, -0.05) is 37.3 Å². The van der Waals surface area contributed by atoms with Crippen LogP contribution in [0.3, 0.4) is 0 Å². The highest BCUT2D eigenvalue weighted by molar-refractivity contribution is 5.65. The van der Waals surface area contributed by atoms with Crippen LogP contribution in [0.1, 0.15) is 30.5 Å². The molecular formula is C26H35N5O. The Balaban J connectivity index is 1.67. The molecule has 1 heterocycles. The number of benzene rings is 2. The number of anilines is 1. The van der Waals surface area contributed by atoms with Crippen molar-refractivity contribution in [3.63, 3.8) is 0 Å². The molecule has 0 saturated heterocycles. The van der Waals surface area contributed by atoms with Crippen molar-refractivity contribution in [3.8, 4) is 17.0 Å². The number of hydrogen-bond acceptors (Lipinski definition) is 6. The Morgan fingerprint density at radius 2 is 1.88 bits per heavy atom. The fourth-order valence-electron chi connectivity index (χ4n) is 3.64. The van der Waals surface area contributed by atoms with Crippen LogP contribution in [0.5, 0.6) is 5.75 Å². The van der Waals surface area contributed by atoms with E-state index >= 15 is 0 Å². The summed E-state index contributed by atoms with van der Waals surface area (Å²) < 4.78 is 0. The number of nitrogens with zero attached hydrogens (tertiary/aromatic N) is 3. The van der Waals surface area contributed by atoms with E-state index in [-0.39, 0.29) is 5.75 Å². The number of nitrogens with one attached hydrogen (secondary N) is 2. The monoisotopic (exact) mass is 433 g/mol. The Labute approximate surface area is 191 Å². The number of hydrogen-bond donors (Lipinski definition) is 3. The molecule has 2 aromatic carbocycles. The first-order valence-corrected chi connectivity index (χ1v) is 11.3. The third-order valence-corrected chi connectivity index (χ3v) is 5.87. The number of aromatic nitrogens is 2. The van der Waals surface area contributed by atoms with Gasteiger partial charge in [-0.05, 0) is 68.8 Å². The Hall–Kier alpha value is -2.96. The molecule has 0 unspecified atom stereocenters. The Kier molecular flexibility index (Phi) is 8.59. The van der Waals surface area contributed by atoms with E-state index in [9.17, 15) is 5.11 Å². The van der Waals surface area contributed by atoms with Gasteiger partial charge in [0.2, 0.25) is 5.95 Å². The Bertz CT molecular complexity index is 990. The van der Waals surface area contributed by atoms with Crippen molar-refractivity contribution in [2.75, 3.05) is 32.0 Å². The van der Waals surface area contributed by atoms with Crippen LogP contribution in [0.4, 0.5) is 5.95 Å². The highest BCUT2D eigenvalue weighted by Gasteiger charge is 2.13. The molecule has 0 aliphatic heterocycles. The van der Waals surface area contributed by atoms with Crippen LogP contribution >= 0.6 is 0 Å². The van der Waals surface area contributed by atoms with Gasteiger partial charge < -0.3 is 15.7 Å². The fraction of sp³-hybridized carbons (Fsp3) is 0.385. The van der Waals surface area contributed by atoms with Crippen LogP contribution in [0.25, 0.3) is 11.3 Å². The maximum absolute atomic E-state index is 9.41. The lowest BCUT2D eigenvalue weighted by Gasteiger charge is -2.26. The molecule has 0 fully saturated rings. The quantitative estimate of drug-likeness (QED) is 0.420. The minimum Gasteiger partial charge on any atom is -0.508 e. The third-order valence-electron chi connectivity index (χ3n) is 5.87. The summed E-state index contributed by atoms with van der Waals surface area (Å²) in [5, 5.41) is 16.2. The minimum absolute atomic E-state index is 0.286. The molecule has 0 amide bonds. The van der Waals surface area contributed by atoms with Crippen LogP contribution < -0.4 is 10.6 Å². The summed E-state index contributed by atoms with van der Waals surface area (Å²) in [5.74, 6) is 0.913. The average molecular weight is 434 g/mol. The van der Waals surface area contributed by atoms with Gasteiger partial charge in [-0.15, -0.1) is 0 Å². The molecule has 6 nitrogen and oxygen atoms in total. The van der Waals surface area contributed by atoms with Crippen molar-refractivity contribution in [2.24, 2.45) is 0 Å². The molecular weight excluding hydrogens is 398 g/mol. The van der Waals surface area contributed by atoms with Gasteiger partial charge in [-0.25, -0.2) is 9.97 Å². The van der Waals surface area contributed by atoms with E-state index < -0.39 is 0 Å². The largest absolute Gasteiger partial charge is 0.508 e. The van der Waals surface area contributed by atoms with Gasteiger partial charge >= 0.3 is 0 Å². The van der Waals surface area contributed by atoms with Crippen LogP contribution in [0, 0.1) is 6.92 Å². The average Bonchev–Trinajstić information content (AvgIpc) is 2.80. The molecule has 0 spiro atoms. The SMILES string of the molecule is CCNC[C@H](C)N(C)Cc1cccc(-c2ccnc(NCCc3ccc(O)cc3)n2)c1C. The summed E-state index contributed by atoms with van der Waals surface area (Å²) >= 11 is 0. The number of phenols is 1. The van der Waals surface area contributed by atoms with Crippen molar-refractivity contribution in [1.82, 2.24) is 20.2 Å². The highest BCUT2D eigenvalue weighted by Crippen LogP contribution is 2.25. The third kappa shape index (κ3) is 6.52. The van der Waals surface area contributed by atoms with Crippen molar-refractivity contribution in [1.29, 1.82) is 0 Å². The molecule has 170 valence electrons. The van der Waals surface area contributed by atoms with Gasteiger partial charge in [-0.2, -0.15) is 0 Å². The number of likely N-dealkylation sites (N-methyl/N-ethyl adjacent to an activating group) is 2. The molecule has 0 aliphatic rings. The predicted molar refractivity (Wildman–Crippen MR) is 132 cm³/mol. The van der Waals surface area contributed by atoms with Crippen LogP contribution in [-0.2, 0) is 13.0 Å². The molecule has 3 rings (SSSR count). The Morgan fingerprint density at radius 1 is 1.09 bits per heavy atom. The molecule has 0 saturated carbocycles. The molecule has 0 bridgehead atoms. The summed E-state index contributed by atoms with van der Waals surface area (Å²) in [6.45, 7) is 10.2. The smallest absolute Gasteiger partial charge is 0.223 e. The summed E-state index contributed by atoms with van der Waals surface area (Å²) in [4.78, 5) is 11.5. The second-order valence-electron chi connectivity index (χ2n) is 8.27. The first kappa shape index (κ1) is 23.7. The van der Waals surface area contributed by atoms with Gasteiger partial charge in [0, 0.05) is 37.4 Å². The van der Waals surface area contributed by atoms with Gasteiger partial charge in [0.1, 0.15) is 5.75 Å². The minimum atomic E-state index is 0.286. The molecule has 0 aliphatic carbocycles. The molecule has 32 heavy (non-hydrogen) atoms. The van der Waals surface area contributed by atoms with E-state index in [4.69, 9.17) is 4.98 Å². The van der Waals surface area contributed by atoms with Crippen molar-refractivity contribution in [2.45, 2.75) is 39.8 Å². The van der Waals surface area contributed by atoms with E-state index in [0.717, 1.165) is 49.4 Å². The summed E-state index contributed by atoms with van der Waals surface area (Å²) in [6.07, 6.45) is 2.64. The van der Waals surface area contributed by atoms with Crippen molar-refractivity contribution < 1.29 is 5.11 Å². The summed E-state index contributed by atoms with van der Waals surface area (Å²) in [5.41, 5.74) is 5.79. The van der Waals surface area contributed by atoms with Gasteiger partial charge in [0.25, 0.3) is 0 Å². The summed E-state index contributed by atoms with van der Waals surface area (Å²) in [6, 6.07) is 16.1. The van der Waals surface area contributed by atoms with Crippen LogP contribution in [-0.4, -0.2) is 52.7 Å². The normalized spacial score (nSPS) is 12.2. The lowest BCUT2D eigenvalue weighted by molar-refractivity contribution is 0.243. The number of phenolic OH excluding ortho intramolecular Hbond substituents is 1. The van der Waals surface area contributed by atoms with Crippen molar-refractivity contribution in [3.05, 3.63) is 71.4 Å². The van der Waals surface area contributed by atoms with E-state index in [1.165, 1.54) is 11.1 Å². The molecule has 3 aromatic rings. The van der Waals surface area contributed by atoms with Gasteiger partial charge in [0.05, 0.1) is 5.69 Å². The molecule has 1 atom stereocenters. The second kappa shape index (κ2) is 11.6. The van der Waals surface area contributed by atoms with E-state index in [0.29, 0.717) is 12.0 Å². The second-order valence-corrected chi connectivity index (χ2v) is 8.27. The van der Waals surface area contributed by atoms with Crippen LogP contribution in [0.15, 0.2) is 54.7 Å². The van der Waals surface area contributed by atoms with E-state index in [1.54, 1.807) is 12.1 Å². The van der Waals surface area contributed by atoms with E-state index in [2.05, 4.69) is 66.5 Å². The lowest BCUT2D eigenvalue weighted by atomic mass is 9.99. The molecule has 1 aromatic heterocycles. The maximum Gasteiger partial charge on any atom is 0.223 e. The molecule has 6 heteroatoms. The zero-order valence-electron chi connectivity index (χ0n) is 19.6. The molecule has 3 N–H and O–H groups in total. The number of aromatic hydroxyl groups is 1. The molecule has 0 radical (unpaired) electrons. The zero-order valence-corrected chi connectivity index (χ0v) is 19.6. The van der Waals surface area contributed by atoms with Crippen molar-refractivity contribution >= 4 is 5.95 Å². The maximum atomic E-state index is 9.41. The first-order valence-electron chi connectivity index (χ1n) is 11.3. The topological polar surface area (TPSA) is 73.3 Å². The first-order chi connectivity index (χ1) is 15.5.